The van der Waals surface area contributed by atoms with Crippen LogP contribution in [0.15, 0.2) is 243 Å². The summed E-state index contributed by atoms with van der Waals surface area (Å²) in [4.78, 5) is 12.5. The van der Waals surface area contributed by atoms with Crippen LogP contribution in [0.1, 0.15) is 50.1 Å². The number of benzene rings is 12. The van der Waals surface area contributed by atoms with Gasteiger partial charge in [0.1, 0.15) is 11.5 Å². The summed E-state index contributed by atoms with van der Waals surface area (Å²) in [5.74, 6) is 1.73. The predicted octanol–water partition coefficient (Wildman–Crippen LogP) is 17.9. The third-order valence-corrected chi connectivity index (χ3v) is 18.8. The molecule has 0 aromatic heterocycles. The van der Waals surface area contributed by atoms with E-state index < -0.39 is 0 Å². The predicted molar refractivity (Wildman–Crippen MR) is 378 cm³/mol. The van der Waals surface area contributed by atoms with E-state index in [1.165, 1.54) is 83.1 Å². The first-order valence-electron chi connectivity index (χ1n) is 31.2. The van der Waals surface area contributed by atoms with Crippen molar-refractivity contribution in [2.45, 2.75) is 62.3 Å². The second-order valence-electron chi connectivity index (χ2n) is 25.3. The lowest BCUT2D eigenvalue weighted by Crippen LogP contribution is -2.64. The number of aryl methyl sites for hydroxylation is 9. The Kier molecular flexibility index (Phi) is 12.7. The van der Waals surface area contributed by atoms with Crippen molar-refractivity contribution in [2.75, 3.05) is 24.5 Å². The van der Waals surface area contributed by atoms with E-state index in [9.17, 15) is 0 Å². The molecule has 4 aliphatic heterocycles. The fourth-order valence-electron chi connectivity index (χ4n) is 14.3. The third-order valence-electron chi connectivity index (χ3n) is 18.8. The molecule has 4 aliphatic rings. The number of anilines is 15. The molecule has 16 rings (SSSR count). The van der Waals surface area contributed by atoms with Gasteiger partial charge >= 0.3 is 0 Å². The molecule has 0 spiro atoms. The second-order valence-corrected chi connectivity index (χ2v) is 25.3. The molecule has 12 aromatic rings. The van der Waals surface area contributed by atoms with Crippen LogP contribution in [0.2, 0.25) is 0 Å². The fourth-order valence-corrected chi connectivity index (χ4v) is 14.3. The smallest absolute Gasteiger partial charge is 0.256 e. The van der Waals surface area contributed by atoms with Gasteiger partial charge in [0.15, 0.2) is 0 Å². The molecule has 0 bridgehead atoms. The molecule has 0 saturated carbocycles. The molecule has 0 atom stereocenters. The van der Waals surface area contributed by atoms with Crippen molar-refractivity contribution >= 4 is 132 Å². The van der Waals surface area contributed by atoms with E-state index in [0.29, 0.717) is 0 Å². The number of nitrogens with zero attached hydrogens (tertiary/aromatic N) is 5. The molecular formula is C81H67B2N5O. The molecule has 0 N–H and O–H groups in total. The van der Waals surface area contributed by atoms with Gasteiger partial charge < -0.3 is 29.2 Å². The largest absolute Gasteiger partial charge is 0.458 e. The van der Waals surface area contributed by atoms with Crippen molar-refractivity contribution in [1.29, 1.82) is 0 Å². The Balaban J connectivity index is 1.03. The van der Waals surface area contributed by atoms with Gasteiger partial charge in [0.05, 0.1) is 11.4 Å². The highest BCUT2D eigenvalue weighted by Gasteiger charge is 2.48. The first-order valence-corrected chi connectivity index (χ1v) is 31.2. The van der Waals surface area contributed by atoms with Gasteiger partial charge in [-0.2, -0.15) is 0 Å². The van der Waals surface area contributed by atoms with Crippen LogP contribution in [-0.2, 0) is 0 Å². The normalized spacial score (nSPS) is 13.0. The zero-order valence-corrected chi connectivity index (χ0v) is 51.9. The Morgan fingerprint density at radius 3 is 0.966 bits per heavy atom. The molecule has 0 unspecified atom stereocenters. The van der Waals surface area contributed by atoms with Crippen LogP contribution in [0.25, 0.3) is 0 Å². The fraction of sp³-hybridized carbons (Fsp3) is 0.111. The molecule has 4 heterocycles. The van der Waals surface area contributed by atoms with Gasteiger partial charge in [0.2, 0.25) is 0 Å². The molecule has 8 heteroatoms. The Bertz CT molecular complexity index is 4700. The second kappa shape index (κ2) is 20.9. The van der Waals surface area contributed by atoms with Crippen LogP contribution in [0.5, 0.6) is 11.5 Å². The maximum absolute atomic E-state index is 7.36. The van der Waals surface area contributed by atoms with Crippen molar-refractivity contribution < 1.29 is 4.74 Å². The van der Waals surface area contributed by atoms with Gasteiger partial charge in [-0.1, -0.05) is 165 Å². The Morgan fingerprint density at radius 2 is 0.551 bits per heavy atom. The zero-order valence-electron chi connectivity index (χ0n) is 51.9. The van der Waals surface area contributed by atoms with E-state index in [0.717, 1.165) is 96.6 Å². The average molecular weight is 1150 g/mol. The standard InChI is InChI=1S/C81H67B2N5O/c1-50-10-26-59(27-11-50)84(60-28-12-51(2)13-29-60)66-44-75-80-76(45-66)87(64-36-20-55(6)21-37-64)73-49-74-70(48-69(73)82(80)68-42-57(8)24-40-72(68)86(75)63-34-18-54(5)19-35-63)83-71-43-58(9)25-41-78(71)89-79-47-67(46-77(81(79)83)88(74)65-38-22-56(7)23-39-65)85(61-30-14-52(3)15-31-61)62-32-16-53(4)17-33-62/h10-49H,1-9H3. The lowest BCUT2D eigenvalue weighted by Gasteiger charge is -2.47. The third kappa shape index (κ3) is 9.02. The van der Waals surface area contributed by atoms with Crippen LogP contribution in [0.4, 0.5) is 85.3 Å². The van der Waals surface area contributed by atoms with Crippen molar-refractivity contribution in [3.63, 3.8) is 0 Å². The van der Waals surface area contributed by atoms with E-state index in [2.05, 4.69) is 329 Å². The van der Waals surface area contributed by atoms with Gasteiger partial charge in [0, 0.05) is 80.0 Å². The molecule has 12 aromatic carbocycles. The van der Waals surface area contributed by atoms with Crippen molar-refractivity contribution in [1.82, 2.24) is 0 Å². The first-order chi connectivity index (χ1) is 43.3. The Morgan fingerprint density at radius 1 is 0.236 bits per heavy atom. The molecule has 0 saturated heterocycles. The zero-order chi connectivity index (χ0) is 60.5. The van der Waals surface area contributed by atoms with Crippen molar-refractivity contribution in [3.8, 4) is 11.5 Å². The van der Waals surface area contributed by atoms with Gasteiger partial charge in [0.25, 0.3) is 13.4 Å². The summed E-state index contributed by atoms with van der Waals surface area (Å²) in [6.45, 7) is 19.3. The number of ether oxygens (including phenoxy) is 1. The summed E-state index contributed by atoms with van der Waals surface area (Å²) in [6, 6.07) is 91.9. The highest BCUT2D eigenvalue weighted by molar-refractivity contribution is 7.02. The number of hydrogen-bond acceptors (Lipinski definition) is 6. The molecule has 6 nitrogen and oxygen atoms in total. The molecule has 0 fully saturated rings. The Labute approximate surface area is 524 Å². The minimum Gasteiger partial charge on any atom is -0.458 e. The van der Waals surface area contributed by atoms with Crippen LogP contribution in [0, 0.1) is 62.3 Å². The average Bonchev–Trinajstić information content (AvgIpc) is 0.731. The van der Waals surface area contributed by atoms with E-state index >= 15 is 0 Å². The van der Waals surface area contributed by atoms with Crippen LogP contribution >= 0.6 is 0 Å². The summed E-state index contributed by atoms with van der Waals surface area (Å²) in [5.41, 5.74) is 34.7. The topological polar surface area (TPSA) is 25.4 Å². The molecular weight excluding hydrogens is 1080 g/mol. The number of rotatable bonds is 9. The molecule has 428 valence electrons. The monoisotopic (exact) mass is 1150 g/mol. The number of fused-ring (bicyclic) bond motifs is 8. The maximum atomic E-state index is 7.36. The lowest BCUT2D eigenvalue weighted by atomic mass is 9.30. The van der Waals surface area contributed by atoms with E-state index in [-0.39, 0.29) is 13.4 Å². The summed E-state index contributed by atoms with van der Waals surface area (Å²) >= 11 is 0. The minimum absolute atomic E-state index is 0.162. The van der Waals surface area contributed by atoms with E-state index in [1.807, 2.05) is 0 Å². The maximum Gasteiger partial charge on any atom is 0.256 e. The highest BCUT2D eigenvalue weighted by atomic mass is 16.5. The van der Waals surface area contributed by atoms with Gasteiger partial charge in [-0.05, 0) is 216 Å². The summed E-state index contributed by atoms with van der Waals surface area (Å²) in [7, 11) is 0. The van der Waals surface area contributed by atoms with Gasteiger partial charge in [-0.25, -0.2) is 0 Å². The molecule has 0 aliphatic carbocycles. The van der Waals surface area contributed by atoms with Crippen molar-refractivity contribution in [3.05, 3.63) is 293 Å². The highest BCUT2D eigenvalue weighted by Crippen LogP contribution is 2.52. The first kappa shape index (κ1) is 54.0. The SMILES string of the molecule is Cc1ccc(N(c2ccc(C)cc2)c2cc3c4c(c2)N(c2ccc(C)cc2)c2cc5c(cc2B4c2cc(C)ccc2O3)B2c3cc(C)ccc3N(c3ccc(C)cc3)c3cc(N(c4ccc(C)cc4)c4ccc(C)cc4)cc(c32)N5c2ccc(C)cc2)cc1. The van der Waals surface area contributed by atoms with E-state index in [1.54, 1.807) is 0 Å². The van der Waals surface area contributed by atoms with Crippen LogP contribution in [0.3, 0.4) is 0 Å². The van der Waals surface area contributed by atoms with E-state index in [4.69, 9.17) is 4.74 Å². The molecule has 89 heavy (non-hydrogen) atoms. The lowest BCUT2D eigenvalue weighted by molar-refractivity contribution is 0.487. The quantitative estimate of drug-likeness (QED) is 0.134. The number of hydrogen-bond donors (Lipinski definition) is 0. The van der Waals surface area contributed by atoms with Crippen molar-refractivity contribution in [2.24, 2.45) is 0 Å². The summed E-state index contributed by atoms with van der Waals surface area (Å²) < 4.78 is 7.36. The summed E-state index contributed by atoms with van der Waals surface area (Å²) in [5, 5.41) is 0. The molecule has 0 radical (unpaired) electrons. The Hall–Kier alpha value is -10.4. The summed E-state index contributed by atoms with van der Waals surface area (Å²) in [6.07, 6.45) is 0. The van der Waals surface area contributed by atoms with Crippen LogP contribution < -0.4 is 62.0 Å². The van der Waals surface area contributed by atoms with Gasteiger partial charge in [-0.15, -0.1) is 0 Å². The molecule has 0 amide bonds. The van der Waals surface area contributed by atoms with Crippen LogP contribution in [-0.4, -0.2) is 13.4 Å². The minimum atomic E-state index is -0.176. The van der Waals surface area contributed by atoms with Gasteiger partial charge in [-0.3, -0.25) is 0 Å².